The maximum atomic E-state index is 10.5. The molecule has 0 saturated heterocycles. The smallest absolute Gasteiger partial charge is 0.335 e. The number of ether oxygens (including phenoxy) is 2. The summed E-state index contributed by atoms with van der Waals surface area (Å²) in [7, 11) is 0. The van der Waals surface area contributed by atoms with E-state index in [9.17, 15) is 9.59 Å². The standard InChI is InChI=1S/C8H8O4/c1-3-11-7(9)5-6-8(10)12-4-2/h3-6H,1-2H2/b6-5+. The molecular formula is C8H8O4. The normalized spacial score (nSPS) is 9.00. The Kier molecular flexibility index (Phi) is 5.00. The van der Waals surface area contributed by atoms with Gasteiger partial charge in [-0.2, -0.15) is 0 Å². The van der Waals surface area contributed by atoms with Gasteiger partial charge in [-0.15, -0.1) is 0 Å². The fourth-order valence-corrected chi connectivity index (χ4v) is 0.379. The average molecular weight is 168 g/mol. The minimum absolute atomic E-state index is 0.689. The van der Waals surface area contributed by atoms with Crippen molar-refractivity contribution in [2.75, 3.05) is 0 Å². The van der Waals surface area contributed by atoms with Crippen LogP contribution in [0.5, 0.6) is 0 Å². The highest BCUT2D eigenvalue weighted by molar-refractivity contribution is 5.92. The van der Waals surface area contributed by atoms with E-state index in [1.807, 2.05) is 0 Å². The lowest BCUT2D eigenvalue weighted by Crippen LogP contribution is -1.98. The van der Waals surface area contributed by atoms with E-state index in [1.165, 1.54) is 0 Å². The molecule has 0 spiro atoms. The molecule has 0 radical (unpaired) electrons. The minimum atomic E-state index is -0.689. The first kappa shape index (κ1) is 10.2. The summed E-state index contributed by atoms with van der Waals surface area (Å²) in [4.78, 5) is 21.1. The molecular weight excluding hydrogens is 160 g/mol. The Balaban J connectivity index is 3.88. The van der Waals surface area contributed by atoms with Gasteiger partial charge in [0.2, 0.25) is 0 Å². The molecule has 0 aliphatic heterocycles. The molecule has 0 amide bonds. The molecule has 64 valence electrons. The highest BCUT2D eigenvalue weighted by Gasteiger charge is 1.96. The van der Waals surface area contributed by atoms with Gasteiger partial charge in [0.1, 0.15) is 0 Å². The molecule has 0 unspecified atom stereocenters. The highest BCUT2D eigenvalue weighted by Crippen LogP contribution is 1.85. The largest absolute Gasteiger partial charge is 0.432 e. The molecule has 0 N–H and O–H groups in total. The van der Waals surface area contributed by atoms with Crippen LogP contribution in [0.3, 0.4) is 0 Å². The Labute approximate surface area is 69.8 Å². The van der Waals surface area contributed by atoms with Crippen LogP contribution in [0.25, 0.3) is 0 Å². The molecule has 0 aliphatic rings. The van der Waals surface area contributed by atoms with Gasteiger partial charge in [0, 0.05) is 12.2 Å². The summed E-state index contributed by atoms with van der Waals surface area (Å²) in [6.45, 7) is 6.31. The van der Waals surface area contributed by atoms with Crippen LogP contribution in [-0.2, 0) is 19.1 Å². The summed E-state index contributed by atoms with van der Waals surface area (Å²) in [5.74, 6) is -1.38. The first-order chi connectivity index (χ1) is 5.70. The summed E-state index contributed by atoms with van der Waals surface area (Å²) in [6.07, 6.45) is 3.78. The van der Waals surface area contributed by atoms with Crippen LogP contribution in [0.15, 0.2) is 37.8 Å². The Morgan fingerprint density at radius 1 is 0.917 bits per heavy atom. The Morgan fingerprint density at radius 3 is 1.50 bits per heavy atom. The van der Waals surface area contributed by atoms with Crippen LogP contribution in [0.2, 0.25) is 0 Å². The van der Waals surface area contributed by atoms with Crippen molar-refractivity contribution in [2.45, 2.75) is 0 Å². The average Bonchev–Trinajstić information content (AvgIpc) is 2.02. The highest BCUT2D eigenvalue weighted by atomic mass is 16.5. The second kappa shape index (κ2) is 5.91. The second-order valence-electron chi connectivity index (χ2n) is 1.54. The van der Waals surface area contributed by atoms with Crippen molar-refractivity contribution < 1.29 is 19.1 Å². The fraction of sp³-hybridized carbons (Fsp3) is 0. The van der Waals surface area contributed by atoms with E-state index in [1.54, 1.807) is 0 Å². The molecule has 0 aromatic carbocycles. The van der Waals surface area contributed by atoms with Gasteiger partial charge in [-0.3, -0.25) is 0 Å². The van der Waals surface area contributed by atoms with Gasteiger partial charge in [-0.05, 0) is 0 Å². The van der Waals surface area contributed by atoms with E-state index in [4.69, 9.17) is 0 Å². The first-order valence-electron chi connectivity index (χ1n) is 3.02. The number of carbonyl (C=O) groups excluding carboxylic acids is 2. The third kappa shape index (κ3) is 4.99. The van der Waals surface area contributed by atoms with Gasteiger partial charge in [0.05, 0.1) is 12.5 Å². The van der Waals surface area contributed by atoms with Crippen molar-refractivity contribution in [3.63, 3.8) is 0 Å². The van der Waals surface area contributed by atoms with Gasteiger partial charge in [0.15, 0.2) is 0 Å². The molecule has 4 nitrogen and oxygen atoms in total. The molecule has 0 aromatic heterocycles. The van der Waals surface area contributed by atoms with Gasteiger partial charge in [0.25, 0.3) is 0 Å². The van der Waals surface area contributed by atoms with E-state index in [2.05, 4.69) is 22.6 Å². The number of hydrogen-bond donors (Lipinski definition) is 0. The van der Waals surface area contributed by atoms with Crippen LogP contribution in [0.1, 0.15) is 0 Å². The van der Waals surface area contributed by atoms with Gasteiger partial charge in [-0.25, -0.2) is 9.59 Å². The SMILES string of the molecule is C=COC(=O)/C=C/C(=O)OC=C. The van der Waals surface area contributed by atoms with Crippen LogP contribution in [0, 0.1) is 0 Å². The van der Waals surface area contributed by atoms with Crippen LogP contribution >= 0.6 is 0 Å². The van der Waals surface area contributed by atoms with Crippen molar-refractivity contribution in [3.05, 3.63) is 37.8 Å². The minimum Gasteiger partial charge on any atom is -0.432 e. The van der Waals surface area contributed by atoms with E-state index >= 15 is 0 Å². The lowest BCUT2D eigenvalue weighted by Gasteiger charge is -1.90. The molecule has 0 heterocycles. The number of hydrogen-bond acceptors (Lipinski definition) is 4. The number of carbonyl (C=O) groups is 2. The van der Waals surface area contributed by atoms with Crippen molar-refractivity contribution in [3.8, 4) is 0 Å². The topological polar surface area (TPSA) is 52.6 Å². The molecule has 0 aromatic rings. The maximum absolute atomic E-state index is 10.5. The first-order valence-corrected chi connectivity index (χ1v) is 3.02. The van der Waals surface area contributed by atoms with Crippen molar-refractivity contribution in [1.82, 2.24) is 0 Å². The predicted molar refractivity (Wildman–Crippen MR) is 41.7 cm³/mol. The van der Waals surface area contributed by atoms with E-state index in [0.717, 1.165) is 24.7 Å². The fourth-order valence-electron chi connectivity index (χ4n) is 0.379. The molecule has 0 fully saturated rings. The van der Waals surface area contributed by atoms with Crippen molar-refractivity contribution >= 4 is 11.9 Å². The lowest BCUT2D eigenvalue weighted by molar-refractivity contribution is -0.135. The molecule has 4 heteroatoms. The Bertz CT molecular complexity index is 203. The predicted octanol–water partition coefficient (Wildman–Crippen LogP) is 0.916. The summed E-state index contributed by atoms with van der Waals surface area (Å²) in [5.41, 5.74) is 0. The zero-order valence-electron chi connectivity index (χ0n) is 6.36. The van der Waals surface area contributed by atoms with Gasteiger partial charge in [-0.1, -0.05) is 13.2 Å². The van der Waals surface area contributed by atoms with Crippen LogP contribution < -0.4 is 0 Å². The maximum Gasteiger partial charge on any atom is 0.335 e. The third-order valence-electron chi connectivity index (χ3n) is 0.754. The Hall–Kier alpha value is -1.84. The lowest BCUT2D eigenvalue weighted by atomic mass is 10.5. The summed E-state index contributed by atoms with van der Waals surface area (Å²) >= 11 is 0. The molecule has 12 heavy (non-hydrogen) atoms. The van der Waals surface area contributed by atoms with Gasteiger partial charge >= 0.3 is 11.9 Å². The molecule has 0 rings (SSSR count). The molecule has 0 saturated carbocycles. The number of esters is 2. The van der Waals surface area contributed by atoms with E-state index in [0.29, 0.717) is 0 Å². The van der Waals surface area contributed by atoms with E-state index < -0.39 is 11.9 Å². The third-order valence-corrected chi connectivity index (χ3v) is 0.754. The molecule has 0 bridgehead atoms. The second-order valence-corrected chi connectivity index (χ2v) is 1.54. The Morgan fingerprint density at radius 2 is 1.25 bits per heavy atom. The number of rotatable bonds is 4. The zero-order valence-corrected chi connectivity index (χ0v) is 6.36. The monoisotopic (exact) mass is 168 g/mol. The molecule has 0 aliphatic carbocycles. The summed E-state index contributed by atoms with van der Waals surface area (Å²) < 4.78 is 8.55. The van der Waals surface area contributed by atoms with Crippen LogP contribution in [0.4, 0.5) is 0 Å². The zero-order chi connectivity index (χ0) is 9.40. The summed E-state index contributed by atoms with van der Waals surface area (Å²) in [5, 5.41) is 0. The van der Waals surface area contributed by atoms with E-state index in [-0.39, 0.29) is 0 Å². The van der Waals surface area contributed by atoms with Crippen LogP contribution in [-0.4, -0.2) is 11.9 Å². The summed E-state index contributed by atoms with van der Waals surface area (Å²) in [6, 6.07) is 0. The molecule has 0 atom stereocenters. The van der Waals surface area contributed by atoms with Gasteiger partial charge < -0.3 is 9.47 Å². The van der Waals surface area contributed by atoms with Crippen molar-refractivity contribution in [1.29, 1.82) is 0 Å². The van der Waals surface area contributed by atoms with Crippen molar-refractivity contribution in [2.24, 2.45) is 0 Å². The quantitative estimate of drug-likeness (QED) is 0.355.